The summed E-state index contributed by atoms with van der Waals surface area (Å²) in [4.78, 5) is 13.5. The standard InChI is InChI=1S/C12H18N4OS/c1-8-4-5-9(14-12(13)18)6-10(8)15-11(17)7-16(2)3/h4-6H,7H2,1-3H3,(H,15,17)(H3,13,14,18). The molecule has 0 unspecified atom stereocenters. The van der Waals surface area contributed by atoms with Crippen LogP contribution in [0.1, 0.15) is 5.56 Å². The molecule has 6 heteroatoms. The zero-order valence-corrected chi connectivity index (χ0v) is 11.6. The van der Waals surface area contributed by atoms with Crippen LogP contribution in [0.3, 0.4) is 0 Å². The van der Waals surface area contributed by atoms with Gasteiger partial charge in [-0.3, -0.25) is 4.79 Å². The first-order valence-corrected chi connectivity index (χ1v) is 5.91. The number of nitrogens with zero attached hydrogens (tertiary/aromatic N) is 1. The van der Waals surface area contributed by atoms with Crippen molar-refractivity contribution >= 4 is 34.6 Å². The van der Waals surface area contributed by atoms with E-state index in [1.807, 2.05) is 44.1 Å². The van der Waals surface area contributed by atoms with Crippen molar-refractivity contribution in [3.8, 4) is 0 Å². The molecule has 0 radical (unpaired) electrons. The van der Waals surface area contributed by atoms with Crippen LogP contribution in [0, 0.1) is 6.92 Å². The highest BCUT2D eigenvalue weighted by Gasteiger charge is 2.06. The van der Waals surface area contributed by atoms with Crippen LogP contribution in [0.15, 0.2) is 18.2 Å². The number of nitrogens with two attached hydrogens (primary N) is 1. The summed E-state index contributed by atoms with van der Waals surface area (Å²) in [7, 11) is 3.69. The van der Waals surface area contributed by atoms with Gasteiger partial charge in [-0.05, 0) is 50.9 Å². The first kappa shape index (κ1) is 14.4. The van der Waals surface area contributed by atoms with Crippen molar-refractivity contribution in [3.05, 3.63) is 23.8 Å². The van der Waals surface area contributed by atoms with E-state index in [1.165, 1.54) is 0 Å². The van der Waals surface area contributed by atoms with E-state index >= 15 is 0 Å². The van der Waals surface area contributed by atoms with Crippen LogP contribution in [-0.2, 0) is 4.79 Å². The molecular weight excluding hydrogens is 248 g/mol. The molecule has 5 nitrogen and oxygen atoms in total. The fourth-order valence-electron chi connectivity index (χ4n) is 1.45. The molecule has 0 spiro atoms. The Hall–Kier alpha value is -1.66. The molecule has 1 aromatic carbocycles. The van der Waals surface area contributed by atoms with Crippen molar-refractivity contribution in [3.63, 3.8) is 0 Å². The Balaban J connectivity index is 2.80. The number of anilines is 2. The Morgan fingerprint density at radius 2 is 2.06 bits per heavy atom. The molecule has 1 amide bonds. The summed E-state index contributed by atoms with van der Waals surface area (Å²) in [6.45, 7) is 2.27. The van der Waals surface area contributed by atoms with Crippen LogP contribution in [-0.4, -0.2) is 36.6 Å². The van der Waals surface area contributed by atoms with Crippen LogP contribution in [0.2, 0.25) is 0 Å². The van der Waals surface area contributed by atoms with Crippen molar-refractivity contribution in [2.45, 2.75) is 6.92 Å². The first-order chi connectivity index (χ1) is 8.38. The minimum atomic E-state index is -0.0597. The number of rotatable bonds is 4. The van der Waals surface area contributed by atoms with Crippen molar-refractivity contribution < 1.29 is 4.79 Å². The molecule has 0 aromatic heterocycles. The topological polar surface area (TPSA) is 70.4 Å². The maximum Gasteiger partial charge on any atom is 0.238 e. The molecule has 0 aliphatic heterocycles. The molecule has 0 bridgehead atoms. The number of nitrogens with one attached hydrogen (secondary N) is 2. The summed E-state index contributed by atoms with van der Waals surface area (Å²) < 4.78 is 0. The molecule has 0 fully saturated rings. The van der Waals surface area contributed by atoms with E-state index < -0.39 is 0 Å². The van der Waals surface area contributed by atoms with Crippen molar-refractivity contribution in [1.29, 1.82) is 0 Å². The number of hydrogen-bond acceptors (Lipinski definition) is 3. The third-order valence-corrected chi connectivity index (χ3v) is 2.34. The predicted molar refractivity (Wildman–Crippen MR) is 78.8 cm³/mol. The molecule has 18 heavy (non-hydrogen) atoms. The van der Waals surface area contributed by atoms with Gasteiger partial charge in [0, 0.05) is 11.4 Å². The second-order valence-electron chi connectivity index (χ2n) is 4.30. The van der Waals surface area contributed by atoms with Gasteiger partial charge >= 0.3 is 0 Å². The monoisotopic (exact) mass is 266 g/mol. The van der Waals surface area contributed by atoms with E-state index in [4.69, 9.17) is 18.0 Å². The first-order valence-electron chi connectivity index (χ1n) is 5.50. The number of hydrogen-bond donors (Lipinski definition) is 3. The van der Waals surface area contributed by atoms with E-state index in [1.54, 1.807) is 0 Å². The highest BCUT2D eigenvalue weighted by Crippen LogP contribution is 2.20. The number of aryl methyl sites for hydroxylation is 1. The molecule has 0 heterocycles. The average Bonchev–Trinajstić information content (AvgIpc) is 2.21. The lowest BCUT2D eigenvalue weighted by atomic mass is 10.2. The Morgan fingerprint density at radius 3 is 2.61 bits per heavy atom. The van der Waals surface area contributed by atoms with Gasteiger partial charge in [0.15, 0.2) is 5.11 Å². The molecule has 0 aliphatic rings. The number of thiocarbonyl (C=S) groups is 1. The number of carbonyl (C=O) groups is 1. The molecule has 98 valence electrons. The lowest BCUT2D eigenvalue weighted by Crippen LogP contribution is -2.27. The van der Waals surface area contributed by atoms with Gasteiger partial charge in [0.1, 0.15) is 0 Å². The molecular formula is C12H18N4OS. The van der Waals surface area contributed by atoms with Gasteiger partial charge in [-0.15, -0.1) is 0 Å². The second-order valence-corrected chi connectivity index (χ2v) is 4.74. The minimum absolute atomic E-state index is 0.0597. The zero-order valence-electron chi connectivity index (χ0n) is 10.8. The fourth-order valence-corrected chi connectivity index (χ4v) is 1.57. The van der Waals surface area contributed by atoms with Gasteiger partial charge in [-0.2, -0.15) is 0 Å². The van der Waals surface area contributed by atoms with Crippen LogP contribution in [0.5, 0.6) is 0 Å². The van der Waals surface area contributed by atoms with E-state index in [0.717, 1.165) is 16.9 Å². The van der Waals surface area contributed by atoms with Crippen molar-refractivity contribution in [2.24, 2.45) is 5.73 Å². The van der Waals surface area contributed by atoms with E-state index in [0.29, 0.717) is 6.54 Å². The molecule has 1 aromatic rings. The van der Waals surface area contributed by atoms with Gasteiger partial charge in [0.2, 0.25) is 5.91 Å². The Kier molecular flexibility index (Phi) is 5.06. The third kappa shape index (κ3) is 4.68. The molecule has 0 atom stereocenters. The SMILES string of the molecule is Cc1ccc(NC(N)=S)cc1NC(=O)CN(C)C. The Morgan fingerprint density at radius 1 is 1.39 bits per heavy atom. The molecule has 1 rings (SSSR count). The summed E-state index contributed by atoms with van der Waals surface area (Å²) >= 11 is 4.77. The van der Waals surface area contributed by atoms with Gasteiger partial charge in [-0.1, -0.05) is 6.07 Å². The molecule has 0 saturated heterocycles. The van der Waals surface area contributed by atoms with Crippen LogP contribution in [0.4, 0.5) is 11.4 Å². The third-order valence-electron chi connectivity index (χ3n) is 2.24. The van der Waals surface area contributed by atoms with E-state index in [2.05, 4.69) is 10.6 Å². The normalized spacial score (nSPS) is 10.2. The van der Waals surface area contributed by atoms with Crippen LogP contribution < -0.4 is 16.4 Å². The summed E-state index contributed by atoms with van der Waals surface area (Å²) in [5.74, 6) is -0.0597. The summed E-state index contributed by atoms with van der Waals surface area (Å²) in [5.41, 5.74) is 7.90. The highest BCUT2D eigenvalue weighted by atomic mass is 32.1. The Bertz CT molecular complexity index is 459. The zero-order chi connectivity index (χ0) is 13.7. The maximum absolute atomic E-state index is 11.7. The van der Waals surface area contributed by atoms with Crippen molar-refractivity contribution in [1.82, 2.24) is 4.90 Å². The smallest absolute Gasteiger partial charge is 0.238 e. The number of carbonyl (C=O) groups excluding carboxylic acids is 1. The largest absolute Gasteiger partial charge is 0.376 e. The number of likely N-dealkylation sites (N-methyl/N-ethyl adjacent to an activating group) is 1. The fraction of sp³-hybridized carbons (Fsp3) is 0.333. The second kappa shape index (κ2) is 6.32. The Labute approximate surface area is 112 Å². The van der Waals surface area contributed by atoms with Crippen molar-refractivity contribution in [2.75, 3.05) is 31.3 Å². The van der Waals surface area contributed by atoms with E-state index in [-0.39, 0.29) is 11.0 Å². The van der Waals surface area contributed by atoms with Gasteiger partial charge < -0.3 is 21.3 Å². The lowest BCUT2D eigenvalue weighted by molar-refractivity contribution is -0.116. The van der Waals surface area contributed by atoms with Gasteiger partial charge in [0.25, 0.3) is 0 Å². The minimum Gasteiger partial charge on any atom is -0.376 e. The van der Waals surface area contributed by atoms with Gasteiger partial charge in [0.05, 0.1) is 6.54 Å². The van der Waals surface area contributed by atoms with Crippen LogP contribution in [0.25, 0.3) is 0 Å². The average molecular weight is 266 g/mol. The van der Waals surface area contributed by atoms with Gasteiger partial charge in [-0.25, -0.2) is 0 Å². The molecule has 4 N–H and O–H groups in total. The molecule has 0 saturated carbocycles. The molecule has 0 aliphatic carbocycles. The maximum atomic E-state index is 11.7. The highest BCUT2D eigenvalue weighted by molar-refractivity contribution is 7.80. The summed E-state index contributed by atoms with van der Waals surface area (Å²) in [6.07, 6.45) is 0. The number of amides is 1. The number of benzene rings is 1. The van der Waals surface area contributed by atoms with E-state index in [9.17, 15) is 4.79 Å². The quantitative estimate of drug-likeness (QED) is 0.713. The van der Waals surface area contributed by atoms with Crippen LogP contribution >= 0.6 is 12.2 Å². The summed E-state index contributed by atoms with van der Waals surface area (Å²) in [5, 5.41) is 5.88. The summed E-state index contributed by atoms with van der Waals surface area (Å²) in [6, 6.07) is 5.56. The predicted octanol–water partition coefficient (Wildman–Crippen LogP) is 1.15. The lowest BCUT2D eigenvalue weighted by Gasteiger charge is -2.13.